The van der Waals surface area contributed by atoms with Crippen LogP contribution in [0.5, 0.6) is 0 Å². The third kappa shape index (κ3) is 7.85. The number of fused-ring (bicyclic) bond motifs is 1. The van der Waals surface area contributed by atoms with Crippen LogP contribution in [0.2, 0.25) is 0 Å². The summed E-state index contributed by atoms with van der Waals surface area (Å²) in [5, 5.41) is 2.16. The highest BCUT2D eigenvalue weighted by atomic mass is 32.2. The average Bonchev–Trinajstić information content (AvgIpc) is 3.17. The van der Waals surface area contributed by atoms with Crippen molar-refractivity contribution in [3.8, 4) is 0 Å². The van der Waals surface area contributed by atoms with Crippen molar-refractivity contribution < 1.29 is 9.47 Å². The Balaban J connectivity index is 1.31. The molecule has 3 aliphatic rings. The van der Waals surface area contributed by atoms with Crippen molar-refractivity contribution in [1.29, 1.82) is 0 Å². The van der Waals surface area contributed by atoms with Crippen LogP contribution < -0.4 is 0 Å². The zero-order valence-electron chi connectivity index (χ0n) is 19.1. The van der Waals surface area contributed by atoms with Crippen molar-refractivity contribution in [3.05, 3.63) is 0 Å². The van der Waals surface area contributed by atoms with Crippen LogP contribution in [0.25, 0.3) is 0 Å². The van der Waals surface area contributed by atoms with E-state index in [9.17, 15) is 0 Å². The van der Waals surface area contributed by atoms with E-state index in [-0.39, 0.29) is 0 Å². The van der Waals surface area contributed by atoms with Crippen LogP contribution in [0.3, 0.4) is 0 Å². The van der Waals surface area contributed by atoms with Gasteiger partial charge in [0.15, 0.2) is 0 Å². The predicted octanol–water partition coefficient (Wildman–Crippen LogP) is 7.17. The molecule has 3 rings (SSSR count). The summed E-state index contributed by atoms with van der Waals surface area (Å²) in [4.78, 5) is 5.19. The summed E-state index contributed by atoms with van der Waals surface area (Å²) in [5.41, 5.74) is 0. The zero-order valence-corrected chi connectivity index (χ0v) is 19.9. The van der Waals surface area contributed by atoms with E-state index in [1.54, 1.807) is 0 Å². The monoisotopic (exact) mass is 423 g/mol. The van der Waals surface area contributed by atoms with Gasteiger partial charge in [-0.1, -0.05) is 52.4 Å². The number of rotatable bonds is 13. The van der Waals surface area contributed by atoms with Crippen molar-refractivity contribution in [1.82, 2.24) is 0 Å². The molecule has 1 aliphatic heterocycles. The second-order valence-corrected chi connectivity index (χ2v) is 10.7. The van der Waals surface area contributed by atoms with Gasteiger partial charge in [-0.25, -0.2) is 0 Å². The summed E-state index contributed by atoms with van der Waals surface area (Å²) in [7, 11) is 0. The molecular formula is C25H45NO2S. The molecule has 0 aromatic rings. The summed E-state index contributed by atoms with van der Waals surface area (Å²) in [6.07, 6.45) is 20.1. The summed E-state index contributed by atoms with van der Waals surface area (Å²) in [6.45, 7) is 6.47. The minimum absolute atomic E-state index is 0.483. The number of hydrogen-bond acceptors (Lipinski definition) is 4. The van der Waals surface area contributed by atoms with E-state index in [0.29, 0.717) is 29.4 Å². The van der Waals surface area contributed by atoms with Crippen LogP contribution in [-0.2, 0) is 9.47 Å². The lowest BCUT2D eigenvalue weighted by molar-refractivity contribution is 0.0218. The molecule has 0 bridgehead atoms. The van der Waals surface area contributed by atoms with E-state index in [1.165, 1.54) is 101 Å². The molecule has 0 amide bonds. The fourth-order valence-corrected chi connectivity index (χ4v) is 6.69. The van der Waals surface area contributed by atoms with E-state index in [0.717, 1.165) is 13.2 Å². The number of unbranched alkanes of at least 4 members (excludes halogenated alkanes) is 6. The molecule has 4 heteroatoms. The Labute approximate surface area is 184 Å². The second kappa shape index (κ2) is 13.4. The van der Waals surface area contributed by atoms with Crippen molar-refractivity contribution in [3.63, 3.8) is 0 Å². The van der Waals surface area contributed by atoms with E-state index in [4.69, 9.17) is 14.5 Å². The van der Waals surface area contributed by atoms with Crippen molar-refractivity contribution in [2.24, 2.45) is 10.9 Å². The van der Waals surface area contributed by atoms with Crippen molar-refractivity contribution >= 4 is 16.8 Å². The van der Waals surface area contributed by atoms with E-state index < -0.39 is 0 Å². The first kappa shape index (κ1) is 23.6. The van der Waals surface area contributed by atoms with Gasteiger partial charge in [-0.2, -0.15) is 0 Å². The molecule has 3 atom stereocenters. The Bertz CT molecular complexity index is 475. The van der Waals surface area contributed by atoms with Crippen LogP contribution in [-0.4, -0.2) is 41.8 Å². The molecule has 0 N–H and O–H groups in total. The standard InChI is InChI=1S/C25H45NO2S/c1-3-5-7-9-17-27-21-13-11-20(12-14-21)25-26-23-16-15-22(19-24(23)29-25)28-18-10-8-6-4-2/h20-24H,3-19H2,1-2H3. The molecule has 1 heterocycles. The maximum absolute atomic E-state index is 6.21. The molecule has 0 aromatic carbocycles. The van der Waals surface area contributed by atoms with Crippen LogP contribution >= 0.6 is 11.8 Å². The molecule has 0 saturated heterocycles. The SMILES string of the molecule is CCCCCCOC1CCC(C2=NC3CCC(OCCCCCC)CC3S2)CC1. The van der Waals surface area contributed by atoms with Crippen molar-refractivity contribution in [2.75, 3.05) is 13.2 Å². The molecule has 0 spiro atoms. The first-order valence-corrected chi connectivity index (χ1v) is 13.7. The number of ether oxygens (including phenoxy) is 2. The Hall–Kier alpha value is -0.0600. The van der Waals surface area contributed by atoms with Gasteiger partial charge in [-0.15, -0.1) is 11.8 Å². The Morgan fingerprint density at radius 3 is 2.03 bits per heavy atom. The molecular weight excluding hydrogens is 378 g/mol. The molecule has 2 fully saturated rings. The van der Waals surface area contributed by atoms with Gasteiger partial charge >= 0.3 is 0 Å². The molecule has 2 saturated carbocycles. The Morgan fingerprint density at radius 2 is 1.38 bits per heavy atom. The van der Waals surface area contributed by atoms with Crippen LogP contribution in [0.1, 0.15) is 110 Å². The lowest BCUT2D eigenvalue weighted by Gasteiger charge is -2.30. The summed E-state index contributed by atoms with van der Waals surface area (Å²) < 4.78 is 12.4. The van der Waals surface area contributed by atoms with Gasteiger partial charge in [-0.3, -0.25) is 4.99 Å². The fraction of sp³-hybridized carbons (Fsp3) is 0.960. The van der Waals surface area contributed by atoms with E-state index >= 15 is 0 Å². The normalized spacial score (nSPS) is 32.2. The first-order chi connectivity index (χ1) is 14.3. The summed E-state index contributed by atoms with van der Waals surface area (Å²) in [5.74, 6) is 0.707. The highest BCUT2D eigenvalue weighted by Gasteiger charge is 2.39. The summed E-state index contributed by atoms with van der Waals surface area (Å²) >= 11 is 2.11. The first-order valence-electron chi connectivity index (χ1n) is 12.8. The van der Waals surface area contributed by atoms with Gasteiger partial charge < -0.3 is 9.47 Å². The number of hydrogen-bond donors (Lipinski definition) is 0. The third-order valence-electron chi connectivity index (χ3n) is 7.00. The quantitative estimate of drug-likeness (QED) is 0.294. The molecule has 0 radical (unpaired) electrons. The lowest BCUT2D eigenvalue weighted by Crippen LogP contribution is -2.32. The van der Waals surface area contributed by atoms with Crippen LogP contribution in [0, 0.1) is 5.92 Å². The van der Waals surface area contributed by atoms with Gasteiger partial charge in [0.05, 0.1) is 23.3 Å². The third-order valence-corrected chi connectivity index (χ3v) is 8.49. The van der Waals surface area contributed by atoms with Crippen molar-refractivity contribution in [2.45, 2.75) is 134 Å². The summed E-state index contributed by atoms with van der Waals surface area (Å²) in [6, 6.07) is 0.572. The van der Waals surface area contributed by atoms with Gasteiger partial charge in [0.1, 0.15) is 0 Å². The highest BCUT2D eigenvalue weighted by Crippen LogP contribution is 2.43. The van der Waals surface area contributed by atoms with E-state index in [1.807, 2.05) is 0 Å². The van der Waals surface area contributed by atoms with E-state index in [2.05, 4.69) is 25.6 Å². The Kier molecular flexibility index (Phi) is 10.9. The average molecular weight is 424 g/mol. The molecule has 0 aromatic heterocycles. The maximum atomic E-state index is 6.21. The minimum Gasteiger partial charge on any atom is -0.378 e. The van der Waals surface area contributed by atoms with Gasteiger partial charge in [-0.05, 0) is 57.8 Å². The smallest absolute Gasteiger partial charge is 0.0714 e. The number of aliphatic imine (C=N–C) groups is 1. The lowest BCUT2D eigenvalue weighted by atomic mass is 9.87. The topological polar surface area (TPSA) is 30.8 Å². The number of thioether (sulfide) groups is 1. The fourth-order valence-electron chi connectivity index (χ4n) is 5.09. The Morgan fingerprint density at radius 1 is 0.759 bits per heavy atom. The second-order valence-electron chi connectivity index (χ2n) is 9.46. The maximum Gasteiger partial charge on any atom is 0.0714 e. The van der Waals surface area contributed by atoms with Gasteiger partial charge in [0.25, 0.3) is 0 Å². The van der Waals surface area contributed by atoms with Crippen LogP contribution in [0.4, 0.5) is 0 Å². The van der Waals surface area contributed by atoms with Crippen LogP contribution in [0.15, 0.2) is 4.99 Å². The highest BCUT2D eigenvalue weighted by molar-refractivity contribution is 8.14. The molecule has 3 nitrogen and oxygen atoms in total. The van der Waals surface area contributed by atoms with Gasteiger partial charge in [0, 0.05) is 24.4 Å². The minimum atomic E-state index is 0.483. The molecule has 2 aliphatic carbocycles. The molecule has 168 valence electrons. The molecule has 29 heavy (non-hydrogen) atoms. The number of nitrogens with zero attached hydrogens (tertiary/aromatic N) is 1. The van der Waals surface area contributed by atoms with Gasteiger partial charge in [0.2, 0.25) is 0 Å². The largest absolute Gasteiger partial charge is 0.378 e. The zero-order chi connectivity index (χ0) is 20.3. The molecule has 3 unspecified atom stereocenters. The predicted molar refractivity (Wildman–Crippen MR) is 126 cm³/mol.